The number of hydrogen-bond donors (Lipinski definition) is 2. The highest BCUT2D eigenvalue weighted by atomic mass is 16.5. The van der Waals surface area contributed by atoms with Gasteiger partial charge in [-0.15, -0.1) is 0 Å². The van der Waals surface area contributed by atoms with E-state index in [1.165, 1.54) is 0 Å². The van der Waals surface area contributed by atoms with Gasteiger partial charge in [0.15, 0.2) is 0 Å². The number of methoxy groups -OCH3 is 1. The van der Waals surface area contributed by atoms with E-state index in [9.17, 15) is 4.79 Å². The van der Waals surface area contributed by atoms with Crippen molar-refractivity contribution in [1.29, 1.82) is 0 Å². The van der Waals surface area contributed by atoms with Gasteiger partial charge in [-0.05, 0) is 38.8 Å². The van der Waals surface area contributed by atoms with Crippen molar-refractivity contribution in [2.75, 3.05) is 40.1 Å². The van der Waals surface area contributed by atoms with E-state index in [1.807, 2.05) is 46.3 Å². The highest BCUT2D eigenvalue weighted by molar-refractivity contribution is 5.94. The van der Waals surface area contributed by atoms with Gasteiger partial charge >= 0.3 is 0 Å². The van der Waals surface area contributed by atoms with Crippen LogP contribution in [0.1, 0.15) is 12.5 Å². The lowest BCUT2D eigenvalue weighted by Gasteiger charge is -2.16. The number of benzene rings is 1. The fourth-order valence-electron chi connectivity index (χ4n) is 1.97. The van der Waals surface area contributed by atoms with E-state index in [0.29, 0.717) is 12.3 Å². The van der Waals surface area contributed by atoms with Crippen LogP contribution >= 0.6 is 0 Å². The number of carbonyl (C=O) groups is 1. The van der Waals surface area contributed by atoms with Crippen LogP contribution in [0.25, 0.3) is 0 Å². The molecule has 1 aromatic carbocycles. The molecule has 20 heavy (non-hydrogen) atoms. The second-order valence-electron chi connectivity index (χ2n) is 5.22. The van der Waals surface area contributed by atoms with E-state index >= 15 is 0 Å². The van der Waals surface area contributed by atoms with Crippen LogP contribution in [0.4, 0.5) is 5.69 Å². The van der Waals surface area contributed by atoms with E-state index in [4.69, 9.17) is 4.74 Å². The molecule has 0 aromatic heterocycles. The van der Waals surface area contributed by atoms with Gasteiger partial charge in [0.25, 0.3) is 0 Å². The van der Waals surface area contributed by atoms with Gasteiger partial charge in [-0.25, -0.2) is 0 Å². The summed E-state index contributed by atoms with van der Waals surface area (Å²) in [6.07, 6.45) is 0. The molecule has 1 rings (SSSR count). The number of rotatable bonds is 7. The highest BCUT2D eigenvalue weighted by Gasteiger charge is 2.14. The second-order valence-corrected chi connectivity index (χ2v) is 5.22. The SMILES string of the molecule is CNCC(C)C(=O)Nc1cc(CN(C)C)ccc1OC. The van der Waals surface area contributed by atoms with Gasteiger partial charge in [0.1, 0.15) is 5.75 Å². The molecule has 0 saturated carbocycles. The third-order valence-electron chi connectivity index (χ3n) is 2.98. The molecule has 0 aliphatic heterocycles. The summed E-state index contributed by atoms with van der Waals surface area (Å²) in [7, 11) is 7.46. The summed E-state index contributed by atoms with van der Waals surface area (Å²) in [5, 5.41) is 5.94. The van der Waals surface area contributed by atoms with Crippen LogP contribution in [0.2, 0.25) is 0 Å². The number of ether oxygens (including phenoxy) is 1. The van der Waals surface area contributed by atoms with Crippen LogP contribution < -0.4 is 15.4 Å². The van der Waals surface area contributed by atoms with E-state index in [2.05, 4.69) is 15.5 Å². The topological polar surface area (TPSA) is 53.6 Å². The molecule has 0 saturated heterocycles. The van der Waals surface area contributed by atoms with Crippen LogP contribution in [0.5, 0.6) is 5.75 Å². The molecule has 1 atom stereocenters. The van der Waals surface area contributed by atoms with Crippen molar-refractivity contribution in [1.82, 2.24) is 10.2 Å². The first kappa shape index (κ1) is 16.5. The summed E-state index contributed by atoms with van der Waals surface area (Å²) in [6, 6.07) is 5.85. The van der Waals surface area contributed by atoms with Crippen LogP contribution in [-0.4, -0.2) is 45.6 Å². The Hall–Kier alpha value is -1.59. The average Bonchev–Trinajstić information content (AvgIpc) is 2.38. The third-order valence-corrected chi connectivity index (χ3v) is 2.98. The second kappa shape index (κ2) is 7.87. The van der Waals surface area contributed by atoms with Crippen LogP contribution in [0, 0.1) is 5.92 Å². The van der Waals surface area contributed by atoms with Gasteiger partial charge < -0.3 is 20.3 Å². The fraction of sp³-hybridized carbons (Fsp3) is 0.533. The largest absolute Gasteiger partial charge is 0.495 e. The molecule has 1 amide bonds. The Balaban J connectivity index is 2.88. The molecule has 0 aliphatic carbocycles. The molecule has 0 radical (unpaired) electrons. The zero-order valence-corrected chi connectivity index (χ0v) is 13.0. The zero-order valence-electron chi connectivity index (χ0n) is 13.0. The van der Waals surface area contributed by atoms with E-state index in [1.54, 1.807) is 7.11 Å². The number of amides is 1. The number of nitrogens with one attached hydrogen (secondary N) is 2. The molecule has 112 valence electrons. The molecule has 0 aliphatic rings. The Morgan fingerprint density at radius 2 is 2.10 bits per heavy atom. The summed E-state index contributed by atoms with van der Waals surface area (Å²) in [6.45, 7) is 3.35. The van der Waals surface area contributed by atoms with E-state index in [-0.39, 0.29) is 11.8 Å². The molecule has 0 bridgehead atoms. The normalized spacial score (nSPS) is 12.3. The minimum Gasteiger partial charge on any atom is -0.495 e. The first-order chi connectivity index (χ1) is 9.47. The first-order valence-corrected chi connectivity index (χ1v) is 6.75. The van der Waals surface area contributed by atoms with Gasteiger partial charge in [0.05, 0.1) is 12.8 Å². The third kappa shape index (κ3) is 4.83. The number of anilines is 1. The molecule has 5 heteroatoms. The van der Waals surface area contributed by atoms with Crippen molar-refractivity contribution in [3.63, 3.8) is 0 Å². The lowest BCUT2D eigenvalue weighted by atomic mass is 10.1. The van der Waals surface area contributed by atoms with Crippen LogP contribution in [0.15, 0.2) is 18.2 Å². The summed E-state index contributed by atoms with van der Waals surface area (Å²) in [5.74, 6) is 0.569. The molecule has 0 spiro atoms. The van der Waals surface area contributed by atoms with Gasteiger partial charge in [-0.1, -0.05) is 13.0 Å². The molecular formula is C15H25N3O2. The highest BCUT2D eigenvalue weighted by Crippen LogP contribution is 2.26. The van der Waals surface area contributed by atoms with Crippen molar-refractivity contribution in [3.05, 3.63) is 23.8 Å². The number of nitrogens with zero attached hydrogens (tertiary/aromatic N) is 1. The minimum atomic E-state index is -0.0952. The molecule has 0 fully saturated rings. The molecule has 5 nitrogen and oxygen atoms in total. The van der Waals surface area contributed by atoms with Gasteiger partial charge in [-0.3, -0.25) is 4.79 Å². The molecule has 1 aromatic rings. The fourth-order valence-corrected chi connectivity index (χ4v) is 1.97. The first-order valence-electron chi connectivity index (χ1n) is 6.75. The summed E-state index contributed by atoms with van der Waals surface area (Å²) in [4.78, 5) is 14.2. The lowest BCUT2D eigenvalue weighted by Crippen LogP contribution is -2.28. The number of carbonyl (C=O) groups excluding carboxylic acids is 1. The predicted octanol–water partition coefficient (Wildman–Crippen LogP) is 1.55. The van der Waals surface area contributed by atoms with E-state index in [0.717, 1.165) is 17.8 Å². The van der Waals surface area contributed by atoms with Crippen molar-refractivity contribution in [2.24, 2.45) is 5.92 Å². The Bertz CT molecular complexity index is 447. The lowest BCUT2D eigenvalue weighted by molar-refractivity contribution is -0.119. The van der Waals surface area contributed by atoms with Crippen molar-refractivity contribution >= 4 is 11.6 Å². The van der Waals surface area contributed by atoms with Crippen LogP contribution in [0.3, 0.4) is 0 Å². The average molecular weight is 279 g/mol. The smallest absolute Gasteiger partial charge is 0.228 e. The Labute approximate surface area is 121 Å². The maximum atomic E-state index is 12.1. The number of hydrogen-bond acceptors (Lipinski definition) is 4. The van der Waals surface area contributed by atoms with Gasteiger partial charge in [0, 0.05) is 19.0 Å². The van der Waals surface area contributed by atoms with Crippen LogP contribution in [-0.2, 0) is 11.3 Å². The van der Waals surface area contributed by atoms with Crippen molar-refractivity contribution in [3.8, 4) is 5.75 Å². The van der Waals surface area contributed by atoms with E-state index < -0.39 is 0 Å². The Morgan fingerprint density at radius 1 is 1.40 bits per heavy atom. The standard InChI is InChI=1S/C15H25N3O2/c1-11(9-16-2)15(19)17-13-8-12(10-18(3)4)6-7-14(13)20-5/h6-8,11,16H,9-10H2,1-5H3,(H,17,19). The summed E-state index contributed by atoms with van der Waals surface area (Å²) in [5.41, 5.74) is 1.85. The minimum absolute atomic E-state index is 0.0142. The maximum absolute atomic E-state index is 12.1. The predicted molar refractivity (Wildman–Crippen MR) is 82.1 cm³/mol. The van der Waals surface area contributed by atoms with Crippen molar-refractivity contribution in [2.45, 2.75) is 13.5 Å². The molecule has 1 unspecified atom stereocenters. The Kier molecular flexibility index (Phi) is 6.48. The zero-order chi connectivity index (χ0) is 15.1. The molecule has 2 N–H and O–H groups in total. The maximum Gasteiger partial charge on any atom is 0.228 e. The Morgan fingerprint density at radius 3 is 2.65 bits per heavy atom. The molecule has 0 heterocycles. The quantitative estimate of drug-likeness (QED) is 0.795. The monoisotopic (exact) mass is 279 g/mol. The summed E-state index contributed by atoms with van der Waals surface area (Å²) >= 11 is 0. The summed E-state index contributed by atoms with van der Waals surface area (Å²) < 4.78 is 5.30. The van der Waals surface area contributed by atoms with Crippen molar-refractivity contribution < 1.29 is 9.53 Å². The molecular weight excluding hydrogens is 254 g/mol. The van der Waals surface area contributed by atoms with Gasteiger partial charge in [0.2, 0.25) is 5.91 Å². The van der Waals surface area contributed by atoms with Gasteiger partial charge in [-0.2, -0.15) is 0 Å².